The lowest BCUT2D eigenvalue weighted by molar-refractivity contribution is 0.0791. The lowest BCUT2D eigenvalue weighted by Gasteiger charge is -2.39. The number of nitrogens with one attached hydrogen (secondary N) is 1. The van der Waals surface area contributed by atoms with E-state index < -0.39 is 10.0 Å². The number of sulfonamides is 1. The highest BCUT2D eigenvalue weighted by molar-refractivity contribution is 7.89. The van der Waals surface area contributed by atoms with Crippen LogP contribution in [-0.4, -0.2) is 87.3 Å². The van der Waals surface area contributed by atoms with Crippen molar-refractivity contribution in [2.45, 2.75) is 44.7 Å². The molecular formula is C21H36N4O3S. The van der Waals surface area contributed by atoms with Gasteiger partial charge in [0, 0.05) is 57.4 Å². The summed E-state index contributed by atoms with van der Waals surface area (Å²) in [5, 5.41) is 3.02. The van der Waals surface area contributed by atoms with Gasteiger partial charge in [-0.2, -0.15) is 4.31 Å². The zero-order valence-corrected chi connectivity index (χ0v) is 19.4. The van der Waals surface area contributed by atoms with Gasteiger partial charge in [0.2, 0.25) is 10.0 Å². The van der Waals surface area contributed by atoms with Crippen LogP contribution < -0.4 is 5.32 Å². The standard InChI is InChI=1S/C21H36N4O3S/c1-16(2)20(25-12-10-23(5)11-13-25)15-22-21(26)18-8-7-9-19(14-18)29(27,28)24(6)17(3)4/h7-9,14,16-17,20H,10-13,15H2,1-6H3,(H,22,26). The van der Waals surface area contributed by atoms with Crippen LogP contribution in [0.15, 0.2) is 29.2 Å². The van der Waals surface area contributed by atoms with Crippen molar-refractivity contribution in [1.82, 2.24) is 19.4 Å². The number of likely N-dealkylation sites (N-methyl/N-ethyl adjacent to an activating group) is 1. The zero-order chi connectivity index (χ0) is 21.8. The van der Waals surface area contributed by atoms with Gasteiger partial charge in [0.1, 0.15) is 0 Å². The Bertz CT molecular complexity index is 787. The molecule has 1 aromatic carbocycles. The second kappa shape index (κ2) is 10.0. The van der Waals surface area contributed by atoms with Crippen LogP contribution in [0.1, 0.15) is 38.1 Å². The van der Waals surface area contributed by atoms with Crippen LogP contribution in [0.25, 0.3) is 0 Å². The summed E-state index contributed by atoms with van der Waals surface area (Å²) in [5.41, 5.74) is 0.365. The molecule has 0 bridgehead atoms. The number of benzene rings is 1. The maximum Gasteiger partial charge on any atom is 0.251 e. The van der Waals surface area contributed by atoms with Gasteiger partial charge in [-0.25, -0.2) is 8.42 Å². The number of hydrogen-bond acceptors (Lipinski definition) is 5. The first-order chi connectivity index (χ1) is 13.5. The molecule has 1 heterocycles. The van der Waals surface area contributed by atoms with Crippen LogP contribution in [0.5, 0.6) is 0 Å². The van der Waals surface area contributed by atoms with E-state index in [0.717, 1.165) is 26.2 Å². The molecule has 1 amide bonds. The van der Waals surface area contributed by atoms with Crippen molar-refractivity contribution < 1.29 is 13.2 Å². The minimum Gasteiger partial charge on any atom is -0.350 e. The van der Waals surface area contributed by atoms with Crippen LogP contribution in [0.3, 0.4) is 0 Å². The molecule has 1 atom stereocenters. The molecule has 0 aliphatic carbocycles. The fourth-order valence-electron chi connectivity index (χ4n) is 3.48. The molecule has 0 aromatic heterocycles. The van der Waals surface area contributed by atoms with Crippen LogP contribution in [0.2, 0.25) is 0 Å². The lowest BCUT2D eigenvalue weighted by atomic mass is 10.0. The number of rotatable bonds is 8. The van der Waals surface area contributed by atoms with E-state index >= 15 is 0 Å². The molecule has 1 saturated heterocycles. The Morgan fingerprint density at radius 2 is 1.76 bits per heavy atom. The topological polar surface area (TPSA) is 73.0 Å². The molecule has 0 spiro atoms. The van der Waals surface area contributed by atoms with Crippen LogP contribution >= 0.6 is 0 Å². The number of carbonyl (C=O) groups excluding carboxylic acids is 1. The van der Waals surface area contributed by atoms with Crippen molar-refractivity contribution >= 4 is 15.9 Å². The molecule has 1 aliphatic heterocycles. The molecule has 1 unspecified atom stereocenters. The predicted molar refractivity (Wildman–Crippen MR) is 117 cm³/mol. The zero-order valence-electron chi connectivity index (χ0n) is 18.6. The molecule has 8 heteroatoms. The third kappa shape index (κ3) is 6.01. The minimum absolute atomic E-state index is 0.140. The van der Waals surface area contributed by atoms with Gasteiger partial charge in [-0.1, -0.05) is 19.9 Å². The van der Waals surface area contributed by atoms with E-state index in [1.807, 2.05) is 13.8 Å². The normalized spacial score (nSPS) is 17.8. The fraction of sp³-hybridized carbons (Fsp3) is 0.667. The molecule has 1 N–H and O–H groups in total. The van der Waals surface area contributed by atoms with Crippen molar-refractivity contribution in [3.8, 4) is 0 Å². The summed E-state index contributed by atoms with van der Waals surface area (Å²) in [6.07, 6.45) is 0. The Morgan fingerprint density at radius 3 is 2.31 bits per heavy atom. The van der Waals surface area contributed by atoms with E-state index in [1.54, 1.807) is 19.2 Å². The van der Waals surface area contributed by atoms with E-state index in [1.165, 1.54) is 16.4 Å². The lowest BCUT2D eigenvalue weighted by Crippen LogP contribution is -2.54. The third-order valence-corrected chi connectivity index (χ3v) is 7.78. The van der Waals surface area contributed by atoms with Crippen molar-refractivity contribution in [3.05, 3.63) is 29.8 Å². The van der Waals surface area contributed by atoms with E-state index in [-0.39, 0.29) is 22.9 Å². The molecule has 29 heavy (non-hydrogen) atoms. The summed E-state index contributed by atoms with van der Waals surface area (Å²) in [5.74, 6) is 0.166. The van der Waals surface area contributed by atoms with Crippen molar-refractivity contribution in [1.29, 1.82) is 0 Å². The highest BCUT2D eigenvalue weighted by atomic mass is 32.2. The first-order valence-corrected chi connectivity index (χ1v) is 11.8. The Hall–Kier alpha value is -1.48. The minimum atomic E-state index is -3.62. The van der Waals surface area contributed by atoms with E-state index in [0.29, 0.717) is 18.0 Å². The summed E-state index contributed by atoms with van der Waals surface area (Å²) < 4.78 is 26.8. The highest BCUT2D eigenvalue weighted by Crippen LogP contribution is 2.18. The largest absolute Gasteiger partial charge is 0.350 e. The van der Waals surface area contributed by atoms with E-state index in [4.69, 9.17) is 0 Å². The molecule has 7 nitrogen and oxygen atoms in total. The van der Waals surface area contributed by atoms with Gasteiger partial charge in [0.05, 0.1) is 4.90 Å². The van der Waals surface area contributed by atoms with Crippen molar-refractivity contribution in [2.75, 3.05) is 46.8 Å². The van der Waals surface area contributed by atoms with Gasteiger partial charge in [0.15, 0.2) is 0 Å². The summed E-state index contributed by atoms with van der Waals surface area (Å²) in [6.45, 7) is 12.6. The summed E-state index contributed by atoms with van der Waals surface area (Å²) in [6, 6.07) is 6.37. The SMILES string of the molecule is CC(C)C(CNC(=O)c1cccc(S(=O)(=O)N(C)C(C)C)c1)N1CCN(C)CC1. The Labute approximate surface area is 176 Å². The highest BCUT2D eigenvalue weighted by Gasteiger charge is 2.26. The van der Waals surface area contributed by atoms with Gasteiger partial charge < -0.3 is 10.2 Å². The smallest absolute Gasteiger partial charge is 0.251 e. The fourth-order valence-corrected chi connectivity index (χ4v) is 4.89. The van der Waals surface area contributed by atoms with Crippen LogP contribution in [0.4, 0.5) is 0 Å². The second-order valence-electron chi connectivity index (χ2n) is 8.50. The predicted octanol–water partition coefficient (Wildman–Crippen LogP) is 1.72. The number of carbonyl (C=O) groups is 1. The number of hydrogen-bond donors (Lipinski definition) is 1. The van der Waals surface area contributed by atoms with E-state index in [9.17, 15) is 13.2 Å². The molecule has 1 aliphatic rings. The average Bonchev–Trinajstić information content (AvgIpc) is 2.68. The first kappa shape index (κ1) is 23.8. The molecular weight excluding hydrogens is 388 g/mol. The number of nitrogens with zero attached hydrogens (tertiary/aromatic N) is 3. The first-order valence-electron chi connectivity index (χ1n) is 10.3. The summed E-state index contributed by atoms with van der Waals surface area (Å²) >= 11 is 0. The Kier molecular flexibility index (Phi) is 8.22. The molecule has 1 fully saturated rings. The monoisotopic (exact) mass is 424 g/mol. The van der Waals surface area contributed by atoms with Gasteiger partial charge >= 0.3 is 0 Å². The van der Waals surface area contributed by atoms with Crippen LogP contribution in [-0.2, 0) is 10.0 Å². The quantitative estimate of drug-likeness (QED) is 0.688. The third-order valence-electron chi connectivity index (χ3n) is 5.75. The number of piperazine rings is 1. The molecule has 2 rings (SSSR count). The van der Waals surface area contributed by atoms with Gasteiger partial charge in [-0.3, -0.25) is 9.69 Å². The Balaban J connectivity index is 2.08. The van der Waals surface area contributed by atoms with Gasteiger partial charge in [-0.05, 0) is 45.0 Å². The van der Waals surface area contributed by atoms with Gasteiger partial charge in [-0.15, -0.1) is 0 Å². The molecule has 0 radical (unpaired) electrons. The van der Waals surface area contributed by atoms with Crippen molar-refractivity contribution in [3.63, 3.8) is 0 Å². The maximum absolute atomic E-state index is 12.7. The molecule has 164 valence electrons. The molecule has 1 aromatic rings. The molecule has 0 saturated carbocycles. The average molecular weight is 425 g/mol. The summed E-state index contributed by atoms with van der Waals surface area (Å²) in [4.78, 5) is 17.6. The Morgan fingerprint density at radius 1 is 1.14 bits per heavy atom. The van der Waals surface area contributed by atoms with E-state index in [2.05, 4.69) is 36.0 Å². The summed E-state index contributed by atoms with van der Waals surface area (Å²) in [7, 11) is 0.0570. The number of amides is 1. The maximum atomic E-state index is 12.7. The van der Waals surface area contributed by atoms with Gasteiger partial charge in [0.25, 0.3) is 5.91 Å². The van der Waals surface area contributed by atoms with Crippen LogP contribution in [0, 0.1) is 5.92 Å². The van der Waals surface area contributed by atoms with Crippen molar-refractivity contribution in [2.24, 2.45) is 5.92 Å². The second-order valence-corrected chi connectivity index (χ2v) is 10.5.